The van der Waals surface area contributed by atoms with E-state index in [0.717, 1.165) is 11.1 Å². The number of carbonyl (C=O) groups is 1. The van der Waals surface area contributed by atoms with Crippen molar-refractivity contribution < 1.29 is 4.79 Å². The summed E-state index contributed by atoms with van der Waals surface area (Å²) in [6.07, 6.45) is 4.04. The second-order valence-corrected chi connectivity index (χ2v) is 5.09. The number of nitrogens with one attached hydrogen (secondary N) is 1. The van der Waals surface area contributed by atoms with Gasteiger partial charge in [0.25, 0.3) is 0 Å². The first-order chi connectivity index (χ1) is 9.66. The van der Waals surface area contributed by atoms with Crippen molar-refractivity contribution in [3.63, 3.8) is 0 Å². The smallest absolute Gasteiger partial charge is 0.221 e. The molecule has 0 fully saturated rings. The van der Waals surface area contributed by atoms with E-state index < -0.39 is 0 Å². The van der Waals surface area contributed by atoms with E-state index in [9.17, 15) is 4.79 Å². The monoisotopic (exact) mass is 268 g/mol. The van der Waals surface area contributed by atoms with Gasteiger partial charge in [0.15, 0.2) is 0 Å². The molecule has 20 heavy (non-hydrogen) atoms. The van der Waals surface area contributed by atoms with Crippen molar-refractivity contribution in [3.05, 3.63) is 66.0 Å². The lowest BCUT2D eigenvalue weighted by Gasteiger charge is -2.16. The first-order valence-electron chi connectivity index (χ1n) is 6.91. The molecule has 2 aromatic rings. The van der Waals surface area contributed by atoms with Gasteiger partial charge in [0.05, 0.1) is 6.04 Å². The average Bonchev–Trinajstić information content (AvgIpc) is 2.49. The summed E-state index contributed by atoms with van der Waals surface area (Å²) in [5.74, 6) is 0.240. The van der Waals surface area contributed by atoms with Crippen LogP contribution in [0.25, 0.3) is 0 Å². The third-order valence-corrected chi connectivity index (χ3v) is 3.42. The van der Waals surface area contributed by atoms with E-state index in [1.807, 2.05) is 62.5 Å². The van der Waals surface area contributed by atoms with Crippen molar-refractivity contribution in [1.29, 1.82) is 0 Å². The van der Waals surface area contributed by atoms with Gasteiger partial charge in [-0.3, -0.25) is 9.78 Å². The Labute approximate surface area is 120 Å². The van der Waals surface area contributed by atoms with Gasteiger partial charge in [0.1, 0.15) is 0 Å². The van der Waals surface area contributed by atoms with Crippen molar-refractivity contribution in [2.24, 2.45) is 0 Å². The highest BCUT2D eigenvalue weighted by molar-refractivity contribution is 5.77. The number of rotatable bonds is 5. The van der Waals surface area contributed by atoms with Crippen molar-refractivity contribution in [2.75, 3.05) is 0 Å². The largest absolute Gasteiger partial charge is 0.350 e. The molecular formula is C17H20N2O. The summed E-state index contributed by atoms with van der Waals surface area (Å²) in [5, 5.41) is 3.04. The Morgan fingerprint density at radius 1 is 1.10 bits per heavy atom. The van der Waals surface area contributed by atoms with Crippen molar-refractivity contribution in [3.8, 4) is 0 Å². The molecule has 0 spiro atoms. The highest BCUT2D eigenvalue weighted by atomic mass is 16.1. The summed E-state index contributed by atoms with van der Waals surface area (Å²) in [7, 11) is 0. The molecule has 3 heteroatoms. The predicted molar refractivity (Wildman–Crippen MR) is 80.3 cm³/mol. The van der Waals surface area contributed by atoms with Crippen LogP contribution in [0.1, 0.15) is 43.4 Å². The normalized spacial score (nSPS) is 13.5. The molecule has 1 N–H and O–H groups in total. The second kappa shape index (κ2) is 6.85. The first-order valence-corrected chi connectivity index (χ1v) is 6.91. The highest BCUT2D eigenvalue weighted by Gasteiger charge is 2.14. The van der Waals surface area contributed by atoms with Crippen LogP contribution in [0.4, 0.5) is 0 Å². The number of benzene rings is 1. The van der Waals surface area contributed by atoms with Crippen molar-refractivity contribution in [2.45, 2.75) is 32.2 Å². The van der Waals surface area contributed by atoms with Gasteiger partial charge >= 0.3 is 0 Å². The number of amides is 1. The third kappa shape index (κ3) is 3.92. The molecule has 3 nitrogen and oxygen atoms in total. The molecule has 104 valence electrons. The summed E-state index contributed by atoms with van der Waals surface area (Å²) in [6.45, 7) is 4.05. The van der Waals surface area contributed by atoms with E-state index >= 15 is 0 Å². The Morgan fingerprint density at radius 3 is 2.45 bits per heavy atom. The number of aromatic nitrogens is 1. The van der Waals surface area contributed by atoms with Crippen LogP contribution in [0.3, 0.4) is 0 Å². The fourth-order valence-corrected chi connectivity index (χ4v) is 2.19. The van der Waals surface area contributed by atoms with Crippen molar-refractivity contribution >= 4 is 5.91 Å². The molecule has 0 aliphatic heterocycles. The maximum absolute atomic E-state index is 12.1. The van der Waals surface area contributed by atoms with Crippen LogP contribution in [0, 0.1) is 0 Å². The molecule has 1 amide bonds. The Hall–Kier alpha value is -2.16. The number of carbonyl (C=O) groups excluding carboxylic acids is 1. The van der Waals surface area contributed by atoms with Crippen LogP contribution in [0.15, 0.2) is 54.9 Å². The van der Waals surface area contributed by atoms with E-state index in [-0.39, 0.29) is 17.9 Å². The van der Waals surface area contributed by atoms with E-state index in [4.69, 9.17) is 0 Å². The van der Waals surface area contributed by atoms with Crippen LogP contribution >= 0.6 is 0 Å². The van der Waals surface area contributed by atoms with Crippen molar-refractivity contribution in [1.82, 2.24) is 10.3 Å². The molecule has 1 aromatic heterocycles. The topological polar surface area (TPSA) is 42.0 Å². The molecule has 0 aliphatic carbocycles. The minimum atomic E-state index is 0.0322. The zero-order valence-corrected chi connectivity index (χ0v) is 11.9. The Morgan fingerprint density at radius 2 is 1.80 bits per heavy atom. The van der Waals surface area contributed by atoms with Crippen LogP contribution in [0.2, 0.25) is 0 Å². The van der Waals surface area contributed by atoms with Crippen LogP contribution in [-0.2, 0) is 4.79 Å². The van der Waals surface area contributed by atoms with E-state index in [1.54, 1.807) is 6.20 Å². The highest BCUT2D eigenvalue weighted by Crippen LogP contribution is 2.18. The Bertz CT molecular complexity index is 490. The zero-order valence-electron chi connectivity index (χ0n) is 11.9. The number of hydrogen-bond donors (Lipinski definition) is 1. The first kappa shape index (κ1) is 14.3. The molecule has 0 aliphatic rings. The molecule has 1 aromatic carbocycles. The van der Waals surface area contributed by atoms with Gasteiger partial charge in [-0.2, -0.15) is 0 Å². The summed E-state index contributed by atoms with van der Waals surface area (Å²) < 4.78 is 0. The lowest BCUT2D eigenvalue weighted by atomic mass is 9.99. The maximum Gasteiger partial charge on any atom is 0.221 e. The zero-order chi connectivity index (χ0) is 14.4. The Balaban J connectivity index is 1.90. The molecule has 1 heterocycles. The van der Waals surface area contributed by atoms with Crippen LogP contribution < -0.4 is 5.32 Å². The summed E-state index contributed by atoms with van der Waals surface area (Å²) >= 11 is 0. The summed E-state index contributed by atoms with van der Waals surface area (Å²) in [5.41, 5.74) is 2.21. The molecule has 0 bridgehead atoms. The molecule has 2 atom stereocenters. The lowest BCUT2D eigenvalue weighted by Crippen LogP contribution is -2.27. The van der Waals surface area contributed by atoms with Gasteiger partial charge in [-0.25, -0.2) is 0 Å². The molecular weight excluding hydrogens is 248 g/mol. The van der Waals surface area contributed by atoms with Crippen LogP contribution in [0.5, 0.6) is 0 Å². The summed E-state index contributed by atoms with van der Waals surface area (Å²) in [4.78, 5) is 16.2. The van der Waals surface area contributed by atoms with Gasteiger partial charge in [0, 0.05) is 18.8 Å². The molecule has 0 saturated heterocycles. The summed E-state index contributed by atoms with van der Waals surface area (Å²) in [6, 6.07) is 13.9. The quantitative estimate of drug-likeness (QED) is 0.902. The Kier molecular flexibility index (Phi) is 4.88. The number of hydrogen-bond acceptors (Lipinski definition) is 2. The molecule has 0 saturated carbocycles. The standard InChI is InChI=1S/C17H20N2O/c1-13(16-9-6-10-18-12-16)11-17(20)19-14(2)15-7-4-3-5-8-15/h3-10,12-14H,11H2,1-2H3,(H,19,20). The average molecular weight is 268 g/mol. The van der Waals surface area contributed by atoms with Crippen LogP contribution in [-0.4, -0.2) is 10.9 Å². The fourth-order valence-electron chi connectivity index (χ4n) is 2.19. The number of nitrogens with zero attached hydrogens (tertiary/aromatic N) is 1. The minimum Gasteiger partial charge on any atom is -0.350 e. The molecule has 2 rings (SSSR count). The van der Waals surface area contributed by atoms with E-state index in [1.165, 1.54) is 0 Å². The SMILES string of the molecule is CC(CC(=O)NC(C)c1ccccc1)c1cccnc1. The van der Waals surface area contributed by atoms with E-state index in [2.05, 4.69) is 10.3 Å². The number of pyridine rings is 1. The third-order valence-electron chi connectivity index (χ3n) is 3.42. The molecule has 2 unspecified atom stereocenters. The second-order valence-electron chi connectivity index (χ2n) is 5.09. The van der Waals surface area contributed by atoms with Gasteiger partial charge in [-0.05, 0) is 30.0 Å². The van der Waals surface area contributed by atoms with Gasteiger partial charge in [-0.1, -0.05) is 43.3 Å². The lowest BCUT2D eigenvalue weighted by molar-refractivity contribution is -0.122. The van der Waals surface area contributed by atoms with Gasteiger partial charge < -0.3 is 5.32 Å². The van der Waals surface area contributed by atoms with E-state index in [0.29, 0.717) is 6.42 Å². The fraction of sp³-hybridized carbons (Fsp3) is 0.294. The van der Waals surface area contributed by atoms with Gasteiger partial charge in [0.2, 0.25) is 5.91 Å². The maximum atomic E-state index is 12.1. The predicted octanol–water partition coefficient (Wildman–Crippen LogP) is 3.45. The molecule has 0 radical (unpaired) electrons. The van der Waals surface area contributed by atoms with Gasteiger partial charge in [-0.15, -0.1) is 0 Å². The minimum absolute atomic E-state index is 0.0322.